The molecule has 1 atom stereocenters. The van der Waals surface area contributed by atoms with Crippen LogP contribution in [0, 0.1) is 0 Å². The summed E-state index contributed by atoms with van der Waals surface area (Å²) >= 11 is 5.70. The molecule has 0 amide bonds. The highest BCUT2D eigenvalue weighted by Gasteiger charge is 2.39. The molecule has 0 aliphatic rings. The van der Waals surface area contributed by atoms with Crippen molar-refractivity contribution in [3.63, 3.8) is 0 Å². The third-order valence-corrected chi connectivity index (χ3v) is 2.31. The lowest BCUT2D eigenvalue weighted by atomic mass is 10.1. The lowest BCUT2D eigenvalue weighted by Crippen LogP contribution is -2.28. The maximum Gasteiger partial charge on any atom is 0.407 e. The predicted molar refractivity (Wildman–Crippen MR) is 51.0 cm³/mol. The van der Waals surface area contributed by atoms with Gasteiger partial charge in [-0.2, -0.15) is 13.2 Å². The lowest BCUT2D eigenvalue weighted by Gasteiger charge is -2.18. The number of halogens is 4. The molecule has 1 rings (SSSR count). The van der Waals surface area contributed by atoms with Crippen LogP contribution >= 0.6 is 11.6 Å². The van der Waals surface area contributed by atoms with Gasteiger partial charge in [-0.25, -0.2) is 0 Å². The first-order valence-electron chi connectivity index (χ1n) is 4.02. The van der Waals surface area contributed by atoms with Crippen molar-refractivity contribution in [2.75, 3.05) is 7.11 Å². The van der Waals surface area contributed by atoms with Crippen molar-refractivity contribution < 1.29 is 17.9 Å². The van der Waals surface area contributed by atoms with Crippen LogP contribution in [0.1, 0.15) is 11.6 Å². The molecule has 2 N–H and O–H groups in total. The first-order chi connectivity index (χ1) is 6.88. The molecule has 0 bridgehead atoms. The van der Waals surface area contributed by atoms with E-state index >= 15 is 0 Å². The Balaban J connectivity index is 3.15. The molecule has 1 aromatic carbocycles. The summed E-state index contributed by atoms with van der Waals surface area (Å²) in [6, 6.07) is 2.00. The second-order valence-electron chi connectivity index (χ2n) is 2.88. The standard InChI is InChI=1S/C9H9ClF3NO/c1-15-6-4-2-3-5(7(6)10)8(14)9(11,12)13/h2-4,8H,14H2,1H3/t8-/m0/s1. The van der Waals surface area contributed by atoms with Crippen molar-refractivity contribution in [2.24, 2.45) is 5.73 Å². The Morgan fingerprint density at radius 1 is 1.40 bits per heavy atom. The van der Waals surface area contributed by atoms with Crippen molar-refractivity contribution in [1.29, 1.82) is 0 Å². The van der Waals surface area contributed by atoms with Gasteiger partial charge in [0, 0.05) is 5.56 Å². The molecular weight excluding hydrogens is 231 g/mol. The van der Waals surface area contributed by atoms with E-state index in [1.807, 2.05) is 0 Å². The second-order valence-corrected chi connectivity index (χ2v) is 3.26. The molecule has 0 saturated heterocycles. The number of hydrogen-bond acceptors (Lipinski definition) is 2. The molecule has 0 saturated carbocycles. The van der Waals surface area contributed by atoms with Crippen LogP contribution in [-0.2, 0) is 0 Å². The van der Waals surface area contributed by atoms with Crippen molar-refractivity contribution in [3.8, 4) is 5.75 Å². The molecule has 0 radical (unpaired) electrons. The first-order valence-corrected chi connectivity index (χ1v) is 4.40. The van der Waals surface area contributed by atoms with E-state index in [1.165, 1.54) is 25.3 Å². The van der Waals surface area contributed by atoms with Gasteiger partial charge in [-0.1, -0.05) is 23.7 Å². The van der Waals surface area contributed by atoms with Crippen LogP contribution in [0.25, 0.3) is 0 Å². The Kier molecular flexibility index (Phi) is 3.46. The Bertz CT molecular complexity index is 354. The Morgan fingerprint density at radius 3 is 2.47 bits per heavy atom. The number of ether oxygens (including phenoxy) is 1. The quantitative estimate of drug-likeness (QED) is 0.861. The Morgan fingerprint density at radius 2 is 2.00 bits per heavy atom. The third-order valence-electron chi connectivity index (χ3n) is 1.90. The zero-order chi connectivity index (χ0) is 11.6. The van der Waals surface area contributed by atoms with E-state index in [2.05, 4.69) is 0 Å². The van der Waals surface area contributed by atoms with Crippen molar-refractivity contribution >= 4 is 11.6 Å². The van der Waals surface area contributed by atoms with Crippen molar-refractivity contribution in [1.82, 2.24) is 0 Å². The molecule has 84 valence electrons. The molecule has 0 spiro atoms. The van der Waals surface area contributed by atoms with Gasteiger partial charge in [0.2, 0.25) is 0 Å². The number of rotatable bonds is 2. The molecule has 15 heavy (non-hydrogen) atoms. The van der Waals surface area contributed by atoms with E-state index in [0.29, 0.717) is 0 Å². The van der Waals surface area contributed by atoms with E-state index in [-0.39, 0.29) is 16.3 Å². The summed E-state index contributed by atoms with van der Waals surface area (Å²) in [6.07, 6.45) is -4.52. The average molecular weight is 240 g/mol. The van der Waals surface area contributed by atoms with Gasteiger partial charge in [0.15, 0.2) is 0 Å². The van der Waals surface area contributed by atoms with Crippen LogP contribution in [0.15, 0.2) is 18.2 Å². The SMILES string of the molecule is COc1cccc([C@H](N)C(F)(F)F)c1Cl. The summed E-state index contributed by atoms with van der Waals surface area (Å²) in [5.41, 5.74) is 4.84. The molecule has 0 fully saturated rings. The number of benzene rings is 1. The molecule has 1 aromatic rings. The monoisotopic (exact) mass is 239 g/mol. The van der Waals surface area contributed by atoms with Crippen LogP contribution in [0.2, 0.25) is 5.02 Å². The average Bonchev–Trinajstić information content (AvgIpc) is 2.16. The number of hydrogen-bond donors (Lipinski definition) is 1. The van der Waals surface area contributed by atoms with Gasteiger partial charge in [-0.15, -0.1) is 0 Å². The fourth-order valence-electron chi connectivity index (χ4n) is 1.10. The fraction of sp³-hybridized carbons (Fsp3) is 0.333. The van der Waals surface area contributed by atoms with Gasteiger partial charge in [-0.05, 0) is 6.07 Å². The summed E-state index contributed by atoms with van der Waals surface area (Å²) in [4.78, 5) is 0. The lowest BCUT2D eigenvalue weighted by molar-refractivity contribution is -0.149. The third kappa shape index (κ3) is 2.54. The van der Waals surface area contributed by atoms with Crippen LogP contribution < -0.4 is 10.5 Å². The van der Waals surface area contributed by atoms with E-state index in [0.717, 1.165) is 0 Å². The molecule has 0 unspecified atom stereocenters. The minimum atomic E-state index is -4.52. The van der Waals surface area contributed by atoms with Gasteiger partial charge in [0.05, 0.1) is 12.1 Å². The van der Waals surface area contributed by atoms with Gasteiger partial charge < -0.3 is 10.5 Å². The summed E-state index contributed by atoms with van der Waals surface area (Å²) in [5.74, 6) is 0.175. The highest BCUT2D eigenvalue weighted by atomic mass is 35.5. The molecule has 0 heterocycles. The van der Waals surface area contributed by atoms with Crippen LogP contribution in [0.5, 0.6) is 5.75 Å². The maximum absolute atomic E-state index is 12.3. The number of alkyl halides is 3. The summed E-state index contributed by atoms with van der Waals surface area (Å²) < 4.78 is 41.8. The van der Waals surface area contributed by atoms with Crippen LogP contribution in [0.3, 0.4) is 0 Å². The molecule has 0 aliphatic carbocycles. The smallest absolute Gasteiger partial charge is 0.407 e. The first kappa shape index (κ1) is 12.1. The topological polar surface area (TPSA) is 35.2 Å². The highest BCUT2D eigenvalue weighted by Crippen LogP contribution is 2.37. The zero-order valence-electron chi connectivity index (χ0n) is 7.81. The fourth-order valence-corrected chi connectivity index (χ4v) is 1.42. The summed E-state index contributed by atoms with van der Waals surface area (Å²) in [7, 11) is 1.32. The van der Waals surface area contributed by atoms with Gasteiger partial charge in [0.1, 0.15) is 11.8 Å². The molecule has 6 heteroatoms. The largest absolute Gasteiger partial charge is 0.495 e. The van der Waals surface area contributed by atoms with Gasteiger partial charge >= 0.3 is 6.18 Å². The van der Waals surface area contributed by atoms with Gasteiger partial charge in [-0.3, -0.25) is 0 Å². The van der Waals surface area contributed by atoms with Crippen LogP contribution in [0.4, 0.5) is 13.2 Å². The summed E-state index contributed by atoms with van der Waals surface area (Å²) in [6.45, 7) is 0. The molecule has 2 nitrogen and oxygen atoms in total. The van der Waals surface area contributed by atoms with E-state index in [9.17, 15) is 13.2 Å². The Labute approximate surface area is 89.8 Å². The maximum atomic E-state index is 12.3. The van der Waals surface area contributed by atoms with Crippen molar-refractivity contribution in [2.45, 2.75) is 12.2 Å². The summed E-state index contributed by atoms with van der Waals surface area (Å²) in [5, 5.41) is -0.107. The minimum absolute atomic E-state index is 0.107. The molecule has 0 aromatic heterocycles. The highest BCUT2D eigenvalue weighted by molar-refractivity contribution is 6.32. The molecular formula is C9H9ClF3NO. The second kappa shape index (κ2) is 4.28. The predicted octanol–water partition coefficient (Wildman–Crippen LogP) is 2.91. The minimum Gasteiger partial charge on any atom is -0.495 e. The molecule has 0 aliphatic heterocycles. The number of methoxy groups -OCH3 is 1. The van der Waals surface area contributed by atoms with Gasteiger partial charge in [0.25, 0.3) is 0 Å². The zero-order valence-corrected chi connectivity index (χ0v) is 8.56. The number of nitrogens with two attached hydrogens (primary N) is 1. The normalized spacial score (nSPS) is 13.7. The van der Waals surface area contributed by atoms with E-state index in [1.54, 1.807) is 0 Å². The van der Waals surface area contributed by atoms with Crippen molar-refractivity contribution in [3.05, 3.63) is 28.8 Å². The van der Waals surface area contributed by atoms with Crippen LogP contribution in [-0.4, -0.2) is 13.3 Å². The van der Waals surface area contributed by atoms with E-state index < -0.39 is 12.2 Å². The Hall–Kier alpha value is -0.940. The van der Waals surface area contributed by atoms with E-state index in [4.69, 9.17) is 22.1 Å².